The number of hydrogen-bond acceptors (Lipinski definition) is 3. The first-order valence-corrected chi connectivity index (χ1v) is 10.4. The summed E-state index contributed by atoms with van der Waals surface area (Å²) in [6.07, 6.45) is 2.58. The van der Waals surface area contributed by atoms with Crippen molar-refractivity contribution in [1.29, 1.82) is 0 Å². The first-order chi connectivity index (χ1) is 13.6. The summed E-state index contributed by atoms with van der Waals surface area (Å²) < 4.78 is 6.52. The van der Waals surface area contributed by atoms with Gasteiger partial charge in [0.25, 0.3) is 0 Å². The summed E-state index contributed by atoms with van der Waals surface area (Å²) in [4.78, 5) is 14.5. The van der Waals surface area contributed by atoms with Gasteiger partial charge in [-0.2, -0.15) is 0 Å². The van der Waals surface area contributed by atoms with Gasteiger partial charge < -0.3 is 9.42 Å². The molecule has 4 nitrogen and oxygen atoms in total. The minimum atomic E-state index is 0.120. The summed E-state index contributed by atoms with van der Waals surface area (Å²) >= 11 is 3.51. The van der Waals surface area contributed by atoms with Crippen molar-refractivity contribution in [2.45, 2.75) is 25.2 Å². The van der Waals surface area contributed by atoms with Gasteiger partial charge in [0, 0.05) is 42.0 Å². The van der Waals surface area contributed by atoms with Crippen LogP contribution in [0.5, 0.6) is 0 Å². The van der Waals surface area contributed by atoms with E-state index in [0.717, 1.165) is 47.3 Å². The Balaban J connectivity index is 1.25. The smallest absolute Gasteiger partial charge is 0.226 e. The molecule has 0 radical (unpaired) electrons. The van der Waals surface area contributed by atoms with Crippen molar-refractivity contribution in [2.75, 3.05) is 13.6 Å². The van der Waals surface area contributed by atoms with Crippen molar-refractivity contribution >= 4 is 21.8 Å². The van der Waals surface area contributed by atoms with Gasteiger partial charge in [-0.25, -0.2) is 0 Å². The lowest BCUT2D eigenvalue weighted by atomic mass is 10.1. The van der Waals surface area contributed by atoms with Gasteiger partial charge in [0.15, 0.2) is 0 Å². The predicted molar refractivity (Wildman–Crippen MR) is 113 cm³/mol. The average Bonchev–Trinajstić information content (AvgIpc) is 3.38. The summed E-state index contributed by atoms with van der Waals surface area (Å²) in [5.74, 6) is 1.58. The summed E-state index contributed by atoms with van der Waals surface area (Å²) in [6.45, 7) is 0.724. The number of amides is 1. The maximum Gasteiger partial charge on any atom is 0.226 e. The molecule has 0 aliphatic heterocycles. The fraction of sp³-hybridized carbons (Fsp3) is 0.304. The molecule has 2 aromatic carbocycles. The third-order valence-electron chi connectivity index (χ3n) is 5.31. The maximum absolute atomic E-state index is 12.7. The number of halogens is 1. The Hall–Kier alpha value is -2.40. The predicted octanol–water partition coefficient (Wildman–Crippen LogP) is 5.30. The van der Waals surface area contributed by atoms with Crippen molar-refractivity contribution in [3.05, 3.63) is 76.5 Å². The van der Waals surface area contributed by atoms with E-state index in [-0.39, 0.29) is 11.8 Å². The molecule has 0 bridgehead atoms. The van der Waals surface area contributed by atoms with E-state index in [1.807, 2.05) is 60.5 Å². The number of aromatic nitrogens is 1. The largest absolute Gasteiger partial charge is 0.361 e. The molecule has 1 aliphatic rings. The van der Waals surface area contributed by atoms with E-state index in [4.69, 9.17) is 4.52 Å². The highest BCUT2D eigenvalue weighted by Crippen LogP contribution is 2.48. The van der Waals surface area contributed by atoms with Crippen LogP contribution in [0.15, 0.2) is 69.7 Å². The number of carbonyl (C=O) groups excluding carboxylic acids is 1. The molecule has 1 aromatic heterocycles. The van der Waals surface area contributed by atoms with Gasteiger partial charge in [0.2, 0.25) is 5.91 Å². The van der Waals surface area contributed by atoms with E-state index in [2.05, 4.69) is 33.2 Å². The van der Waals surface area contributed by atoms with E-state index in [1.54, 1.807) is 0 Å². The van der Waals surface area contributed by atoms with Gasteiger partial charge >= 0.3 is 0 Å². The molecule has 2 atom stereocenters. The van der Waals surface area contributed by atoms with Crippen LogP contribution in [0, 0.1) is 5.92 Å². The molecule has 2 unspecified atom stereocenters. The Morgan fingerprint density at radius 1 is 1.18 bits per heavy atom. The van der Waals surface area contributed by atoms with Crippen molar-refractivity contribution < 1.29 is 9.32 Å². The van der Waals surface area contributed by atoms with Crippen molar-refractivity contribution in [3.63, 3.8) is 0 Å². The highest BCUT2D eigenvalue weighted by Gasteiger charge is 2.45. The highest BCUT2D eigenvalue weighted by atomic mass is 79.9. The Morgan fingerprint density at radius 2 is 2.00 bits per heavy atom. The van der Waals surface area contributed by atoms with Gasteiger partial charge in [0.1, 0.15) is 11.5 Å². The van der Waals surface area contributed by atoms with Crippen LogP contribution in [-0.2, 0) is 11.2 Å². The zero-order chi connectivity index (χ0) is 19.5. The Bertz CT molecular complexity index is 954. The van der Waals surface area contributed by atoms with Crippen LogP contribution < -0.4 is 0 Å². The normalized spacial score (nSPS) is 18.1. The van der Waals surface area contributed by atoms with E-state index in [9.17, 15) is 4.79 Å². The fourth-order valence-corrected chi connectivity index (χ4v) is 4.05. The average molecular weight is 439 g/mol. The molecule has 3 aromatic rings. The van der Waals surface area contributed by atoms with Crippen LogP contribution in [-0.4, -0.2) is 29.6 Å². The van der Waals surface area contributed by atoms with Gasteiger partial charge in [-0.3, -0.25) is 4.79 Å². The third-order valence-corrected chi connectivity index (χ3v) is 5.80. The Labute approximate surface area is 173 Å². The lowest BCUT2D eigenvalue weighted by molar-refractivity contribution is -0.131. The molecule has 5 heteroatoms. The van der Waals surface area contributed by atoms with E-state index in [1.165, 1.54) is 5.56 Å². The number of aryl methyl sites for hydroxylation is 1. The standard InChI is InChI=1S/C23H23BrN2O2/c1-26(23(27)21-15-20(21)17-9-5-10-18(24)13-17)12-6-11-19-14-22(25-28-19)16-7-3-2-4-8-16/h2-5,7-10,13-14,20-21H,6,11-12,15H2,1H3. The maximum atomic E-state index is 12.7. The number of nitrogens with zero attached hydrogens (tertiary/aromatic N) is 2. The van der Waals surface area contributed by atoms with E-state index in [0.29, 0.717) is 5.92 Å². The second-order valence-corrected chi connectivity index (χ2v) is 8.33. The molecule has 1 aliphatic carbocycles. The molecular weight excluding hydrogens is 416 g/mol. The molecule has 4 rings (SSSR count). The lowest BCUT2D eigenvalue weighted by Gasteiger charge is -2.17. The van der Waals surface area contributed by atoms with Crippen LogP contribution in [0.4, 0.5) is 0 Å². The van der Waals surface area contributed by atoms with Crippen LogP contribution in [0.25, 0.3) is 11.3 Å². The topological polar surface area (TPSA) is 46.3 Å². The summed E-state index contributed by atoms with van der Waals surface area (Å²) in [7, 11) is 1.90. The number of carbonyl (C=O) groups is 1. The molecule has 1 saturated carbocycles. The van der Waals surface area contributed by atoms with Gasteiger partial charge in [-0.15, -0.1) is 0 Å². The second-order valence-electron chi connectivity index (χ2n) is 7.41. The Kier molecular flexibility index (Phi) is 5.62. The van der Waals surface area contributed by atoms with Gasteiger partial charge in [-0.1, -0.05) is 63.6 Å². The molecule has 1 heterocycles. The van der Waals surface area contributed by atoms with Crippen molar-refractivity contribution in [1.82, 2.24) is 10.1 Å². The van der Waals surface area contributed by atoms with Crippen molar-refractivity contribution in [3.8, 4) is 11.3 Å². The van der Waals surface area contributed by atoms with Crippen molar-refractivity contribution in [2.24, 2.45) is 5.92 Å². The summed E-state index contributed by atoms with van der Waals surface area (Å²) in [6, 6.07) is 20.3. The summed E-state index contributed by atoms with van der Waals surface area (Å²) in [5, 5.41) is 4.15. The minimum Gasteiger partial charge on any atom is -0.361 e. The Morgan fingerprint density at radius 3 is 2.79 bits per heavy atom. The fourth-order valence-electron chi connectivity index (χ4n) is 3.63. The SMILES string of the molecule is CN(CCCc1cc(-c2ccccc2)no1)C(=O)C1CC1c1cccc(Br)c1. The monoisotopic (exact) mass is 438 g/mol. The summed E-state index contributed by atoms with van der Waals surface area (Å²) in [5.41, 5.74) is 3.16. The molecule has 28 heavy (non-hydrogen) atoms. The molecule has 0 saturated heterocycles. The number of hydrogen-bond donors (Lipinski definition) is 0. The molecule has 0 spiro atoms. The zero-order valence-electron chi connectivity index (χ0n) is 15.8. The van der Waals surface area contributed by atoms with E-state index >= 15 is 0 Å². The third kappa shape index (κ3) is 4.36. The first-order valence-electron chi connectivity index (χ1n) is 9.63. The minimum absolute atomic E-state index is 0.120. The van der Waals surface area contributed by atoms with Crippen LogP contribution in [0.1, 0.15) is 30.1 Å². The second kappa shape index (κ2) is 8.31. The van der Waals surface area contributed by atoms with Crippen LogP contribution in [0.2, 0.25) is 0 Å². The van der Waals surface area contributed by atoms with E-state index < -0.39 is 0 Å². The molecule has 1 fully saturated rings. The van der Waals surface area contributed by atoms with Crippen LogP contribution in [0.3, 0.4) is 0 Å². The van der Waals surface area contributed by atoms with Crippen LogP contribution >= 0.6 is 15.9 Å². The molecule has 1 amide bonds. The molecule has 144 valence electrons. The number of benzene rings is 2. The molecular formula is C23H23BrN2O2. The lowest BCUT2D eigenvalue weighted by Crippen LogP contribution is -2.29. The highest BCUT2D eigenvalue weighted by molar-refractivity contribution is 9.10. The van der Waals surface area contributed by atoms with Gasteiger partial charge in [-0.05, 0) is 36.5 Å². The zero-order valence-corrected chi connectivity index (χ0v) is 17.4. The first kappa shape index (κ1) is 18.9. The van der Waals surface area contributed by atoms with Gasteiger partial charge in [0.05, 0.1) is 0 Å². The molecule has 0 N–H and O–H groups in total. The number of rotatable bonds is 7. The quantitative estimate of drug-likeness (QED) is 0.502.